The lowest BCUT2D eigenvalue weighted by Gasteiger charge is -2.36. The van der Waals surface area contributed by atoms with Crippen LogP contribution in [0.15, 0.2) is 66.7 Å². The molecular weight excluding hydrogens is 399 g/mol. The zero-order valence-corrected chi connectivity index (χ0v) is 20.2. The molecule has 0 aromatic heterocycles. The van der Waals surface area contributed by atoms with E-state index in [0.717, 1.165) is 30.6 Å². The van der Waals surface area contributed by atoms with Gasteiger partial charge in [-0.3, -0.25) is 0 Å². The maximum absolute atomic E-state index is 10.0. The lowest BCUT2D eigenvalue weighted by atomic mass is 9.89. The Labute approximate surface area is 189 Å². The van der Waals surface area contributed by atoms with E-state index in [-0.39, 0.29) is 11.8 Å². The van der Waals surface area contributed by atoms with Gasteiger partial charge in [-0.15, -0.1) is 0 Å². The van der Waals surface area contributed by atoms with E-state index >= 15 is 0 Å². The van der Waals surface area contributed by atoms with Crippen LogP contribution in [0.4, 0.5) is 0 Å². The van der Waals surface area contributed by atoms with Crippen molar-refractivity contribution in [2.24, 2.45) is 0 Å². The Morgan fingerprint density at radius 3 is 2.29 bits per heavy atom. The third-order valence-electron chi connectivity index (χ3n) is 5.97. The van der Waals surface area contributed by atoms with Crippen LogP contribution >= 0.6 is 8.58 Å². The van der Waals surface area contributed by atoms with E-state index in [4.69, 9.17) is 4.74 Å². The van der Waals surface area contributed by atoms with Gasteiger partial charge < -0.3 is 9.84 Å². The summed E-state index contributed by atoms with van der Waals surface area (Å²) < 4.78 is 6.40. The van der Waals surface area contributed by atoms with Gasteiger partial charge in [-0.1, -0.05) is 101 Å². The Balaban J connectivity index is 2.02. The first-order chi connectivity index (χ1) is 15.0. The zero-order chi connectivity index (χ0) is 22.3. The first-order valence-corrected chi connectivity index (χ1v) is 12.3. The Hall–Kier alpha value is -2.15. The van der Waals surface area contributed by atoms with Gasteiger partial charge in [0.2, 0.25) is 0 Å². The number of aliphatic hydroxyl groups excluding tert-OH is 1. The molecule has 0 radical (unpaired) electrons. The summed E-state index contributed by atoms with van der Waals surface area (Å²) in [5, 5.41) is 11.3. The number of hydrogen-bond donors (Lipinski definition) is 1. The third-order valence-corrected chi connectivity index (χ3v) is 8.08. The van der Waals surface area contributed by atoms with Crippen LogP contribution in [0.5, 0.6) is 5.75 Å². The molecule has 0 bridgehead atoms. The minimum absolute atomic E-state index is 0.00797. The molecule has 0 aliphatic heterocycles. The highest BCUT2D eigenvalue weighted by Gasteiger charge is 2.33. The fraction of sp³-hybridized carbons (Fsp3) is 0.357. The van der Waals surface area contributed by atoms with Crippen molar-refractivity contribution in [3.63, 3.8) is 0 Å². The van der Waals surface area contributed by atoms with Gasteiger partial charge in [0.15, 0.2) is 0 Å². The summed E-state index contributed by atoms with van der Waals surface area (Å²) in [5.74, 6) is 0.981. The summed E-state index contributed by atoms with van der Waals surface area (Å²) in [6, 6.07) is 23.4. The lowest BCUT2D eigenvalue weighted by molar-refractivity contribution is 0.283. The number of rotatable bonds is 10. The molecule has 3 rings (SSSR count). The highest BCUT2D eigenvalue weighted by molar-refractivity contribution is 7.48. The molecule has 164 valence electrons. The Morgan fingerprint density at radius 1 is 0.903 bits per heavy atom. The number of ether oxygens (including phenoxy) is 1. The molecule has 0 aliphatic rings. The highest BCUT2D eigenvalue weighted by Crippen LogP contribution is 2.51. The number of hydrogen-bond acceptors (Lipinski definition) is 2. The van der Waals surface area contributed by atoms with Crippen molar-refractivity contribution in [2.75, 3.05) is 0 Å². The summed E-state index contributed by atoms with van der Waals surface area (Å²) >= 11 is 0. The predicted molar refractivity (Wildman–Crippen MR) is 134 cm³/mol. The molecule has 0 heterocycles. The fourth-order valence-corrected chi connectivity index (χ4v) is 6.13. The Kier molecular flexibility index (Phi) is 8.29. The second kappa shape index (κ2) is 10.9. The van der Waals surface area contributed by atoms with Crippen molar-refractivity contribution in [2.45, 2.75) is 65.3 Å². The molecule has 0 amide bonds. The molecule has 2 nitrogen and oxygen atoms in total. The van der Waals surface area contributed by atoms with Crippen LogP contribution < -0.4 is 10.0 Å². The standard InChI is InChI=1S/C28H35O2P/c1-5-16-28(6-2,31-27-15-13-21(3)17-24(27)19-29)25-18-22(4)12-14-26(25)30-20-23-10-8-7-9-11-23/h7-15,17-18,29,31H,5-6,16,19-20H2,1-4H3. The van der Waals surface area contributed by atoms with Crippen molar-refractivity contribution < 1.29 is 9.84 Å². The van der Waals surface area contributed by atoms with Crippen molar-refractivity contribution >= 4 is 13.9 Å². The molecular formula is C28H35O2P. The minimum Gasteiger partial charge on any atom is -0.489 e. The smallest absolute Gasteiger partial charge is 0.123 e. The maximum atomic E-state index is 10.0. The van der Waals surface area contributed by atoms with Crippen LogP contribution in [0, 0.1) is 13.8 Å². The number of benzene rings is 3. The summed E-state index contributed by atoms with van der Waals surface area (Å²) in [5.41, 5.74) is 5.97. The highest BCUT2D eigenvalue weighted by atomic mass is 31.1. The third kappa shape index (κ3) is 5.76. The Morgan fingerprint density at radius 2 is 1.61 bits per heavy atom. The topological polar surface area (TPSA) is 29.5 Å². The van der Waals surface area contributed by atoms with Crippen molar-refractivity contribution in [1.29, 1.82) is 0 Å². The first kappa shape index (κ1) is 23.5. The van der Waals surface area contributed by atoms with Gasteiger partial charge in [0.25, 0.3) is 0 Å². The van der Waals surface area contributed by atoms with Crippen molar-refractivity contribution in [1.82, 2.24) is 0 Å². The van der Waals surface area contributed by atoms with E-state index in [1.165, 1.54) is 27.6 Å². The van der Waals surface area contributed by atoms with Gasteiger partial charge in [-0.05, 0) is 49.2 Å². The average Bonchev–Trinajstić information content (AvgIpc) is 2.79. The van der Waals surface area contributed by atoms with E-state index in [9.17, 15) is 5.11 Å². The quantitative estimate of drug-likeness (QED) is 0.356. The van der Waals surface area contributed by atoms with E-state index in [1.807, 2.05) is 6.07 Å². The van der Waals surface area contributed by atoms with E-state index in [2.05, 4.69) is 88.4 Å². The van der Waals surface area contributed by atoms with Crippen LogP contribution in [0.25, 0.3) is 0 Å². The van der Waals surface area contributed by atoms with Crippen LogP contribution in [0.3, 0.4) is 0 Å². The molecule has 3 aromatic carbocycles. The fourth-order valence-electron chi connectivity index (χ4n) is 4.26. The largest absolute Gasteiger partial charge is 0.489 e. The molecule has 1 N–H and O–H groups in total. The van der Waals surface area contributed by atoms with Gasteiger partial charge in [-0.2, -0.15) is 0 Å². The van der Waals surface area contributed by atoms with E-state index in [1.54, 1.807) is 0 Å². The van der Waals surface area contributed by atoms with Crippen LogP contribution in [0.2, 0.25) is 0 Å². The Bertz CT molecular complexity index is 984. The van der Waals surface area contributed by atoms with E-state index < -0.39 is 0 Å². The molecule has 0 aliphatic carbocycles. The molecule has 0 saturated carbocycles. The molecule has 3 heteroatoms. The maximum Gasteiger partial charge on any atom is 0.123 e. The lowest BCUT2D eigenvalue weighted by Crippen LogP contribution is -2.25. The second-order valence-corrected chi connectivity index (χ2v) is 10.1. The molecule has 0 fully saturated rings. The number of aryl methyl sites for hydroxylation is 2. The normalized spacial score (nSPS) is 13.5. The minimum atomic E-state index is -0.00797. The van der Waals surface area contributed by atoms with Crippen molar-refractivity contribution in [3.8, 4) is 5.75 Å². The van der Waals surface area contributed by atoms with Gasteiger partial charge in [0, 0.05) is 10.7 Å². The molecule has 0 saturated heterocycles. The monoisotopic (exact) mass is 434 g/mol. The molecule has 2 atom stereocenters. The van der Waals surface area contributed by atoms with Crippen LogP contribution in [0.1, 0.15) is 60.9 Å². The summed E-state index contributed by atoms with van der Waals surface area (Å²) in [6.07, 6.45) is 3.22. The summed E-state index contributed by atoms with van der Waals surface area (Å²) in [7, 11) is 0.576. The summed E-state index contributed by atoms with van der Waals surface area (Å²) in [6.45, 7) is 9.45. The number of aliphatic hydroxyl groups is 1. The van der Waals surface area contributed by atoms with Gasteiger partial charge in [0.1, 0.15) is 12.4 Å². The van der Waals surface area contributed by atoms with Crippen molar-refractivity contribution in [3.05, 3.63) is 94.5 Å². The van der Waals surface area contributed by atoms with Crippen LogP contribution in [-0.4, -0.2) is 5.11 Å². The predicted octanol–water partition coefficient (Wildman–Crippen LogP) is 6.78. The first-order valence-electron chi connectivity index (χ1n) is 11.3. The molecule has 0 spiro atoms. The second-order valence-electron chi connectivity index (χ2n) is 8.40. The van der Waals surface area contributed by atoms with E-state index in [0.29, 0.717) is 15.2 Å². The van der Waals surface area contributed by atoms with Crippen LogP contribution in [-0.2, 0) is 18.4 Å². The molecule has 3 aromatic rings. The van der Waals surface area contributed by atoms with Gasteiger partial charge >= 0.3 is 0 Å². The SMILES string of the molecule is CCCC(CC)(Pc1ccc(C)cc1CO)c1cc(C)ccc1OCc1ccccc1. The molecule has 2 unspecified atom stereocenters. The van der Waals surface area contributed by atoms with Gasteiger partial charge in [-0.25, -0.2) is 0 Å². The van der Waals surface area contributed by atoms with Gasteiger partial charge in [0.05, 0.1) is 6.61 Å². The summed E-state index contributed by atoms with van der Waals surface area (Å²) in [4.78, 5) is 0. The average molecular weight is 435 g/mol. The molecule has 31 heavy (non-hydrogen) atoms. The zero-order valence-electron chi connectivity index (χ0n) is 19.2.